The Kier molecular flexibility index (Phi) is 5.97. The fourth-order valence-electron chi connectivity index (χ4n) is 3.66. The van der Waals surface area contributed by atoms with Crippen LogP contribution in [0.15, 0.2) is 12.1 Å². The summed E-state index contributed by atoms with van der Waals surface area (Å²) in [5, 5.41) is 0. The van der Waals surface area contributed by atoms with E-state index in [-0.39, 0.29) is 12.2 Å². The Bertz CT molecular complexity index is 610. The van der Waals surface area contributed by atoms with E-state index in [9.17, 15) is 4.79 Å². The largest absolute Gasteiger partial charge is 0.493 e. The normalized spacial score (nSPS) is 21.6. The van der Waals surface area contributed by atoms with Crippen LogP contribution in [-0.4, -0.2) is 50.0 Å². The van der Waals surface area contributed by atoms with Crippen molar-refractivity contribution in [3.05, 3.63) is 28.8 Å². The average molecular weight is 347 g/mol. The molecule has 0 unspecified atom stereocenters. The van der Waals surface area contributed by atoms with E-state index < -0.39 is 0 Å². The van der Waals surface area contributed by atoms with Gasteiger partial charge in [-0.3, -0.25) is 4.79 Å². The van der Waals surface area contributed by atoms with Crippen molar-refractivity contribution >= 4 is 5.91 Å². The summed E-state index contributed by atoms with van der Waals surface area (Å²) in [5.74, 6) is 1.34. The summed E-state index contributed by atoms with van der Waals surface area (Å²) in [6.07, 6.45) is 2.35. The number of benzene rings is 1. The van der Waals surface area contributed by atoms with Gasteiger partial charge < -0.3 is 19.1 Å². The molecule has 5 heteroatoms. The fourth-order valence-corrected chi connectivity index (χ4v) is 3.66. The highest BCUT2D eigenvalue weighted by molar-refractivity contribution is 5.76. The molecule has 2 heterocycles. The molecule has 0 bridgehead atoms. The molecule has 2 saturated heterocycles. The van der Waals surface area contributed by atoms with Crippen LogP contribution >= 0.6 is 0 Å². The zero-order valence-corrected chi connectivity index (χ0v) is 15.5. The first-order chi connectivity index (χ1) is 12.0. The first-order valence-corrected chi connectivity index (χ1v) is 9.26. The molecule has 0 aliphatic carbocycles. The number of nitrogens with zero attached hydrogens (tertiary/aromatic N) is 1. The quantitative estimate of drug-likeness (QED) is 0.822. The molecule has 0 radical (unpaired) electrons. The van der Waals surface area contributed by atoms with Gasteiger partial charge in [0.15, 0.2) is 6.29 Å². The van der Waals surface area contributed by atoms with Crippen LogP contribution in [-0.2, 0) is 14.3 Å². The van der Waals surface area contributed by atoms with Crippen LogP contribution in [0.2, 0.25) is 0 Å². The third kappa shape index (κ3) is 4.53. The number of likely N-dealkylation sites (tertiary alicyclic amines) is 1. The van der Waals surface area contributed by atoms with Crippen LogP contribution in [0, 0.1) is 26.7 Å². The van der Waals surface area contributed by atoms with E-state index in [1.165, 1.54) is 11.1 Å². The second kappa shape index (κ2) is 8.19. The maximum Gasteiger partial charge on any atom is 0.226 e. The van der Waals surface area contributed by atoms with Gasteiger partial charge in [-0.05, 0) is 56.4 Å². The van der Waals surface area contributed by atoms with E-state index in [1.807, 2.05) is 11.0 Å². The second-order valence-corrected chi connectivity index (χ2v) is 7.16. The van der Waals surface area contributed by atoms with Crippen LogP contribution in [0.25, 0.3) is 0 Å². The molecule has 5 nitrogen and oxygen atoms in total. The van der Waals surface area contributed by atoms with Gasteiger partial charge in [0.25, 0.3) is 0 Å². The zero-order chi connectivity index (χ0) is 17.8. The number of carbonyl (C=O) groups is 1. The molecule has 0 spiro atoms. The molecule has 2 aliphatic rings. The SMILES string of the molecule is Cc1cc(C)c(C)c(OCCC(=O)N2CCC[C@H](C3OCCO3)C2)c1. The monoisotopic (exact) mass is 347 g/mol. The second-order valence-electron chi connectivity index (χ2n) is 7.16. The molecule has 2 fully saturated rings. The summed E-state index contributed by atoms with van der Waals surface area (Å²) in [6.45, 7) is 9.50. The van der Waals surface area contributed by atoms with Gasteiger partial charge in [0.1, 0.15) is 5.75 Å². The van der Waals surface area contributed by atoms with Crippen molar-refractivity contribution < 1.29 is 19.0 Å². The summed E-state index contributed by atoms with van der Waals surface area (Å²) < 4.78 is 17.1. The lowest BCUT2D eigenvalue weighted by Gasteiger charge is -2.34. The van der Waals surface area contributed by atoms with Crippen LogP contribution in [0.3, 0.4) is 0 Å². The van der Waals surface area contributed by atoms with Crippen molar-refractivity contribution in [2.45, 2.75) is 46.3 Å². The third-order valence-electron chi connectivity index (χ3n) is 5.18. The first kappa shape index (κ1) is 18.2. The molecule has 0 aromatic heterocycles. The van der Waals surface area contributed by atoms with E-state index in [4.69, 9.17) is 14.2 Å². The van der Waals surface area contributed by atoms with Crippen molar-refractivity contribution in [1.82, 2.24) is 4.90 Å². The van der Waals surface area contributed by atoms with Crippen LogP contribution in [0.1, 0.15) is 36.0 Å². The van der Waals surface area contributed by atoms with Crippen LogP contribution < -0.4 is 4.74 Å². The number of aryl methyl sites for hydroxylation is 2. The number of hydrogen-bond donors (Lipinski definition) is 0. The maximum atomic E-state index is 12.5. The number of piperidine rings is 1. The van der Waals surface area contributed by atoms with Gasteiger partial charge in [0.05, 0.1) is 26.2 Å². The molecule has 0 N–H and O–H groups in total. The number of rotatable bonds is 5. The smallest absolute Gasteiger partial charge is 0.226 e. The number of hydrogen-bond acceptors (Lipinski definition) is 4. The number of carbonyl (C=O) groups excluding carboxylic acids is 1. The minimum Gasteiger partial charge on any atom is -0.493 e. The van der Waals surface area contributed by atoms with E-state index in [2.05, 4.69) is 26.8 Å². The minimum atomic E-state index is -0.134. The number of amides is 1. The van der Waals surface area contributed by atoms with Gasteiger partial charge in [-0.15, -0.1) is 0 Å². The molecule has 1 atom stereocenters. The molecule has 1 amide bonds. The van der Waals surface area contributed by atoms with Crippen molar-refractivity contribution in [2.24, 2.45) is 5.92 Å². The number of ether oxygens (including phenoxy) is 3. The summed E-state index contributed by atoms with van der Waals surface area (Å²) in [7, 11) is 0. The summed E-state index contributed by atoms with van der Waals surface area (Å²) >= 11 is 0. The van der Waals surface area contributed by atoms with Gasteiger partial charge in [-0.25, -0.2) is 0 Å². The summed E-state index contributed by atoms with van der Waals surface area (Å²) in [5.41, 5.74) is 3.54. The van der Waals surface area contributed by atoms with Gasteiger partial charge in [-0.2, -0.15) is 0 Å². The molecule has 1 aromatic carbocycles. The molecule has 138 valence electrons. The van der Waals surface area contributed by atoms with Crippen molar-refractivity contribution in [2.75, 3.05) is 32.9 Å². The van der Waals surface area contributed by atoms with Gasteiger partial charge in [0, 0.05) is 19.0 Å². The standard InChI is InChI=1S/C20H29NO4/c1-14-11-15(2)16(3)18(12-14)23-8-6-19(22)21-7-4-5-17(13-21)20-24-9-10-25-20/h11-12,17,20H,4-10,13H2,1-3H3/t17-/m0/s1. The van der Waals surface area contributed by atoms with E-state index in [1.54, 1.807) is 0 Å². The predicted molar refractivity (Wildman–Crippen MR) is 95.8 cm³/mol. The van der Waals surface area contributed by atoms with Gasteiger partial charge in [0.2, 0.25) is 5.91 Å². The molecule has 3 rings (SSSR count). The first-order valence-electron chi connectivity index (χ1n) is 9.26. The molecular weight excluding hydrogens is 318 g/mol. The van der Waals surface area contributed by atoms with E-state index in [0.717, 1.165) is 37.2 Å². The van der Waals surface area contributed by atoms with Gasteiger partial charge in [-0.1, -0.05) is 6.07 Å². The Morgan fingerprint density at radius 3 is 2.76 bits per heavy atom. The Hall–Kier alpha value is -1.59. The molecule has 25 heavy (non-hydrogen) atoms. The highest BCUT2D eigenvalue weighted by atomic mass is 16.7. The zero-order valence-electron chi connectivity index (χ0n) is 15.5. The Balaban J connectivity index is 1.49. The maximum absolute atomic E-state index is 12.5. The Morgan fingerprint density at radius 2 is 2.00 bits per heavy atom. The Morgan fingerprint density at radius 1 is 1.24 bits per heavy atom. The lowest BCUT2D eigenvalue weighted by molar-refractivity contribution is -0.139. The lowest BCUT2D eigenvalue weighted by Crippen LogP contribution is -2.44. The highest BCUT2D eigenvalue weighted by Gasteiger charge is 2.32. The van der Waals surface area contributed by atoms with Crippen LogP contribution in [0.4, 0.5) is 0 Å². The third-order valence-corrected chi connectivity index (χ3v) is 5.18. The van der Waals surface area contributed by atoms with Gasteiger partial charge >= 0.3 is 0 Å². The van der Waals surface area contributed by atoms with Crippen LogP contribution in [0.5, 0.6) is 5.75 Å². The fraction of sp³-hybridized carbons (Fsp3) is 0.650. The molecule has 1 aromatic rings. The van der Waals surface area contributed by atoms with E-state index in [0.29, 0.717) is 32.2 Å². The van der Waals surface area contributed by atoms with E-state index >= 15 is 0 Å². The summed E-state index contributed by atoms with van der Waals surface area (Å²) in [4.78, 5) is 14.5. The molecular formula is C20H29NO4. The lowest BCUT2D eigenvalue weighted by atomic mass is 9.97. The topological polar surface area (TPSA) is 48.0 Å². The van der Waals surface area contributed by atoms with Crippen molar-refractivity contribution in [1.29, 1.82) is 0 Å². The summed E-state index contributed by atoms with van der Waals surface area (Å²) in [6, 6.07) is 4.19. The predicted octanol–water partition coefficient (Wildman–Crippen LogP) is 2.99. The Labute approximate surface area is 150 Å². The highest BCUT2D eigenvalue weighted by Crippen LogP contribution is 2.26. The molecule has 2 aliphatic heterocycles. The molecule has 0 saturated carbocycles. The van der Waals surface area contributed by atoms with Crippen molar-refractivity contribution in [3.8, 4) is 5.75 Å². The van der Waals surface area contributed by atoms with Crippen molar-refractivity contribution in [3.63, 3.8) is 0 Å². The average Bonchev–Trinajstić information content (AvgIpc) is 3.13. The minimum absolute atomic E-state index is 0.134.